The zero-order valence-electron chi connectivity index (χ0n) is 10.2. The molecule has 0 fully saturated rings. The molecule has 2 rings (SSSR count). The van der Waals surface area contributed by atoms with Gasteiger partial charge in [-0.3, -0.25) is 0 Å². The van der Waals surface area contributed by atoms with Crippen molar-refractivity contribution < 1.29 is 5.11 Å². The Kier molecular flexibility index (Phi) is 4.39. The maximum absolute atomic E-state index is 9.40. The van der Waals surface area contributed by atoms with E-state index in [1.54, 1.807) is 12.1 Å². The number of phenols is 1. The lowest BCUT2D eigenvalue weighted by atomic mass is 10.1. The van der Waals surface area contributed by atoms with Crippen molar-refractivity contribution in [2.24, 2.45) is 0 Å². The first-order valence-electron chi connectivity index (χ1n) is 5.92. The summed E-state index contributed by atoms with van der Waals surface area (Å²) in [6, 6.07) is 15.9. The van der Waals surface area contributed by atoms with E-state index in [1.165, 1.54) is 5.56 Å². The summed E-state index contributed by atoms with van der Waals surface area (Å²) in [5, 5.41) is 12.8. The van der Waals surface area contributed by atoms with Crippen LogP contribution >= 0.6 is 15.9 Å². The normalized spacial score (nSPS) is 12.3. The number of hydrogen-bond acceptors (Lipinski definition) is 2. The topological polar surface area (TPSA) is 32.3 Å². The van der Waals surface area contributed by atoms with E-state index >= 15 is 0 Å². The van der Waals surface area contributed by atoms with E-state index in [-0.39, 0.29) is 6.04 Å². The van der Waals surface area contributed by atoms with Crippen LogP contribution < -0.4 is 5.32 Å². The van der Waals surface area contributed by atoms with Crippen LogP contribution in [0, 0.1) is 0 Å². The third kappa shape index (κ3) is 3.59. The van der Waals surface area contributed by atoms with Crippen molar-refractivity contribution in [3.05, 3.63) is 64.1 Å². The number of benzene rings is 2. The monoisotopic (exact) mass is 305 g/mol. The molecule has 2 N–H and O–H groups in total. The first-order valence-corrected chi connectivity index (χ1v) is 6.71. The van der Waals surface area contributed by atoms with Gasteiger partial charge in [0.1, 0.15) is 5.75 Å². The van der Waals surface area contributed by atoms with Crippen LogP contribution in [0.3, 0.4) is 0 Å². The first kappa shape index (κ1) is 13.1. The zero-order valence-corrected chi connectivity index (χ0v) is 11.8. The summed E-state index contributed by atoms with van der Waals surface area (Å²) in [6.45, 7) is 2.87. The van der Waals surface area contributed by atoms with Gasteiger partial charge >= 0.3 is 0 Å². The highest BCUT2D eigenvalue weighted by Crippen LogP contribution is 2.18. The maximum Gasteiger partial charge on any atom is 0.115 e. The average molecular weight is 306 g/mol. The molecule has 0 aliphatic rings. The summed E-state index contributed by atoms with van der Waals surface area (Å²) in [4.78, 5) is 0. The lowest BCUT2D eigenvalue weighted by Crippen LogP contribution is -2.17. The molecule has 0 aliphatic carbocycles. The fourth-order valence-corrected chi connectivity index (χ4v) is 2.25. The molecule has 2 aromatic rings. The number of phenolic OH excluding ortho intramolecular Hbond substituents is 1. The van der Waals surface area contributed by atoms with Crippen molar-refractivity contribution in [1.29, 1.82) is 0 Å². The summed E-state index contributed by atoms with van der Waals surface area (Å²) in [5.41, 5.74) is 2.32. The Hall–Kier alpha value is -1.32. The minimum Gasteiger partial charge on any atom is -0.508 e. The molecule has 0 saturated heterocycles. The van der Waals surface area contributed by atoms with Crippen LogP contribution in [0.2, 0.25) is 0 Å². The van der Waals surface area contributed by atoms with Gasteiger partial charge < -0.3 is 10.4 Å². The molecule has 1 atom stereocenters. The summed E-state index contributed by atoms with van der Waals surface area (Å²) >= 11 is 3.48. The standard InChI is InChI=1S/C15H16BrNO/c1-11(13-5-3-6-14(16)9-13)17-10-12-4-2-7-15(18)8-12/h2-9,11,17-18H,10H2,1H3/t11-/m0/s1. The molecule has 2 aromatic carbocycles. The molecule has 0 saturated carbocycles. The molecule has 0 aliphatic heterocycles. The minimum absolute atomic E-state index is 0.268. The lowest BCUT2D eigenvalue weighted by Gasteiger charge is -2.14. The molecule has 0 spiro atoms. The molecule has 2 nitrogen and oxygen atoms in total. The summed E-state index contributed by atoms with van der Waals surface area (Å²) in [5.74, 6) is 0.310. The fourth-order valence-electron chi connectivity index (χ4n) is 1.83. The lowest BCUT2D eigenvalue weighted by molar-refractivity contribution is 0.473. The Morgan fingerprint density at radius 2 is 1.94 bits per heavy atom. The van der Waals surface area contributed by atoms with Gasteiger partial charge in [-0.05, 0) is 42.3 Å². The SMILES string of the molecule is C[C@H](NCc1cccc(O)c1)c1cccc(Br)c1. The predicted octanol–water partition coefficient (Wildman–Crippen LogP) is 4.01. The van der Waals surface area contributed by atoms with Crippen LogP contribution in [0.5, 0.6) is 5.75 Å². The number of hydrogen-bond donors (Lipinski definition) is 2. The Bertz CT molecular complexity index is 527. The molecule has 94 valence electrons. The second kappa shape index (κ2) is 6.03. The number of nitrogens with one attached hydrogen (secondary N) is 1. The van der Waals surface area contributed by atoms with E-state index in [0.717, 1.165) is 16.6 Å². The Labute approximate surface area is 116 Å². The van der Waals surface area contributed by atoms with Crippen LogP contribution in [0.15, 0.2) is 53.0 Å². The Balaban J connectivity index is 1.98. The predicted molar refractivity (Wildman–Crippen MR) is 77.5 cm³/mol. The second-order valence-electron chi connectivity index (χ2n) is 4.33. The molecular weight excluding hydrogens is 290 g/mol. The number of halogens is 1. The van der Waals surface area contributed by atoms with Gasteiger partial charge in [0.25, 0.3) is 0 Å². The molecule has 3 heteroatoms. The van der Waals surface area contributed by atoms with Crippen molar-refractivity contribution in [2.75, 3.05) is 0 Å². The van der Waals surface area contributed by atoms with E-state index in [2.05, 4.69) is 40.3 Å². The van der Waals surface area contributed by atoms with E-state index in [0.29, 0.717) is 5.75 Å². The van der Waals surface area contributed by atoms with Gasteiger partial charge in [-0.15, -0.1) is 0 Å². The van der Waals surface area contributed by atoms with E-state index < -0.39 is 0 Å². The molecule has 0 bridgehead atoms. The van der Waals surface area contributed by atoms with Crippen molar-refractivity contribution in [2.45, 2.75) is 19.5 Å². The van der Waals surface area contributed by atoms with Crippen LogP contribution in [-0.2, 0) is 6.54 Å². The van der Waals surface area contributed by atoms with Crippen molar-refractivity contribution >= 4 is 15.9 Å². The quantitative estimate of drug-likeness (QED) is 0.894. The van der Waals surface area contributed by atoms with E-state index in [1.807, 2.05) is 24.3 Å². The fraction of sp³-hybridized carbons (Fsp3) is 0.200. The largest absolute Gasteiger partial charge is 0.508 e. The average Bonchev–Trinajstić information content (AvgIpc) is 2.36. The molecule has 0 radical (unpaired) electrons. The smallest absolute Gasteiger partial charge is 0.115 e. The van der Waals surface area contributed by atoms with Gasteiger partial charge in [-0.2, -0.15) is 0 Å². The summed E-state index contributed by atoms with van der Waals surface area (Å²) in [7, 11) is 0. The van der Waals surface area contributed by atoms with Gasteiger partial charge in [0.05, 0.1) is 0 Å². The molecule has 0 unspecified atom stereocenters. The molecule has 0 aromatic heterocycles. The number of rotatable bonds is 4. The van der Waals surface area contributed by atoms with Crippen LogP contribution in [-0.4, -0.2) is 5.11 Å². The van der Waals surface area contributed by atoms with E-state index in [9.17, 15) is 5.11 Å². The van der Waals surface area contributed by atoms with Crippen molar-refractivity contribution in [1.82, 2.24) is 5.32 Å². The van der Waals surface area contributed by atoms with Gasteiger partial charge in [0, 0.05) is 17.1 Å². The van der Waals surface area contributed by atoms with Crippen molar-refractivity contribution in [3.63, 3.8) is 0 Å². The molecule has 0 heterocycles. The summed E-state index contributed by atoms with van der Waals surface area (Å²) < 4.78 is 1.09. The molecule has 0 amide bonds. The highest BCUT2D eigenvalue weighted by atomic mass is 79.9. The van der Waals surface area contributed by atoms with Crippen LogP contribution in [0.25, 0.3) is 0 Å². The van der Waals surface area contributed by atoms with Gasteiger partial charge in [0.2, 0.25) is 0 Å². The minimum atomic E-state index is 0.268. The molecule has 18 heavy (non-hydrogen) atoms. The van der Waals surface area contributed by atoms with Gasteiger partial charge in [-0.1, -0.05) is 40.2 Å². The van der Waals surface area contributed by atoms with Gasteiger partial charge in [-0.25, -0.2) is 0 Å². The third-order valence-electron chi connectivity index (χ3n) is 2.87. The summed E-state index contributed by atoms with van der Waals surface area (Å²) in [6.07, 6.45) is 0. The van der Waals surface area contributed by atoms with Crippen LogP contribution in [0.1, 0.15) is 24.1 Å². The van der Waals surface area contributed by atoms with Crippen molar-refractivity contribution in [3.8, 4) is 5.75 Å². The second-order valence-corrected chi connectivity index (χ2v) is 5.24. The highest BCUT2D eigenvalue weighted by Gasteiger charge is 2.05. The highest BCUT2D eigenvalue weighted by molar-refractivity contribution is 9.10. The zero-order chi connectivity index (χ0) is 13.0. The Morgan fingerprint density at radius 3 is 2.67 bits per heavy atom. The number of aromatic hydroxyl groups is 1. The maximum atomic E-state index is 9.40. The third-order valence-corrected chi connectivity index (χ3v) is 3.36. The van der Waals surface area contributed by atoms with Gasteiger partial charge in [0.15, 0.2) is 0 Å². The molecular formula is C15H16BrNO. The Morgan fingerprint density at radius 1 is 1.17 bits per heavy atom. The van der Waals surface area contributed by atoms with E-state index in [4.69, 9.17) is 0 Å². The first-order chi connectivity index (χ1) is 8.65. The van der Waals surface area contributed by atoms with Crippen LogP contribution in [0.4, 0.5) is 0 Å².